The lowest BCUT2D eigenvalue weighted by Gasteiger charge is -2.21. The Bertz CT molecular complexity index is 168. The molecule has 0 amide bonds. The fourth-order valence-corrected chi connectivity index (χ4v) is 1.00. The summed E-state index contributed by atoms with van der Waals surface area (Å²) in [5, 5.41) is 3.32. The normalized spacial score (nSPS) is 12.8. The Morgan fingerprint density at radius 1 is 1.25 bits per heavy atom. The molecule has 0 aromatic carbocycles. The molecule has 0 aromatic heterocycles. The Hall–Kier alpha value is -0.720. The van der Waals surface area contributed by atoms with E-state index in [4.69, 9.17) is 0 Å². The smallest absolute Gasteiger partial charge is 0.0442 e. The molecule has 0 aromatic rings. The van der Waals surface area contributed by atoms with Gasteiger partial charge >= 0.3 is 0 Å². The van der Waals surface area contributed by atoms with Crippen molar-refractivity contribution in [1.29, 1.82) is 0 Å². The molecule has 1 N–H and O–H groups in total. The quantitative estimate of drug-likeness (QED) is 0.620. The maximum Gasteiger partial charge on any atom is 0.0442 e. The van der Waals surface area contributed by atoms with E-state index in [1.807, 2.05) is 0 Å². The zero-order valence-corrected chi connectivity index (χ0v) is 8.78. The van der Waals surface area contributed by atoms with Crippen molar-refractivity contribution in [3.05, 3.63) is 24.4 Å². The fourth-order valence-electron chi connectivity index (χ4n) is 1.00. The van der Waals surface area contributed by atoms with Crippen molar-refractivity contribution in [2.75, 3.05) is 0 Å². The molecule has 0 spiro atoms. The van der Waals surface area contributed by atoms with Crippen molar-refractivity contribution >= 4 is 0 Å². The topological polar surface area (TPSA) is 12.0 Å². The first-order valence-corrected chi connectivity index (χ1v) is 4.62. The number of hydrogen-bond acceptors (Lipinski definition) is 1. The Morgan fingerprint density at radius 2 is 1.75 bits per heavy atom. The maximum atomic E-state index is 4.04. The lowest BCUT2D eigenvalue weighted by molar-refractivity contribution is 0.600. The molecule has 1 nitrogen and oxygen atoms in total. The van der Waals surface area contributed by atoms with Crippen molar-refractivity contribution < 1.29 is 0 Å². The first-order valence-electron chi connectivity index (χ1n) is 4.62. The second kappa shape index (κ2) is 5.02. The van der Waals surface area contributed by atoms with Crippen LogP contribution >= 0.6 is 0 Å². The third-order valence-corrected chi connectivity index (χ3v) is 2.15. The van der Waals surface area contributed by atoms with Crippen molar-refractivity contribution in [1.82, 2.24) is 5.32 Å². The van der Waals surface area contributed by atoms with Crippen molar-refractivity contribution in [3.8, 4) is 0 Å². The zero-order valence-electron chi connectivity index (χ0n) is 8.78. The monoisotopic (exact) mass is 167 g/mol. The van der Waals surface area contributed by atoms with Crippen LogP contribution in [0.1, 0.15) is 34.1 Å². The minimum absolute atomic E-state index is 0.345. The molecule has 1 unspecified atom stereocenters. The number of nitrogens with one attached hydrogen (secondary N) is 1. The highest BCUT2D eigenvalue weighted by molar-refractivity contribution is 5.09. The molecule has 1 atom stereocenters. The predicted molar refractivity (Wildman–Crippen MR) is 56.0 cm³/mol. The second-order valence-corrected chi connectivity index (χ2v) is 3.55. The highest BCUT2D eigenvalue weighted by atomic mass is 14.9. The Labute approximate surface area is 76.6 Å². The van der Waals surface area contributed by atoms with Crippen LogP contribution in [-0.2, 0) is 0 Å². The van der Waals surface area contributed by atoms with Crippen LogP contribution in [0.5, 0.6) is 0 Å². The van der Waals surface area contributed by atoms with Crippen LogP contribution in [0.2, 0.25) is 0 Å². The Balaban J connectivity index is 3.95. The zero-order chi connectivity index (χ0) is 9.72. The van der Waals surface area contributed by atoms with E-state index in [0.717, 1.165) is 12.1 Å². The van der Waals surface area contributed by atoms with Gasteiger partial charge in [0.15, 0.2) is 0 Å². The van der Waals surface area contributed by atoms with E-state index < -0.39 is 0 Å². The van der Waals surface area contributed by atoms with Crippen LogP contribution in [-0.4, -0.2) is 6.04 Å². The predicted octanol–water partition coefficient (Wildman–Crippen LogP) is 3.10. The van der Waals surface area contributed by atoms with Gasteiger partial charge in [0.05, 0.1) is 0 Å². The molecule has 1 heteroatoms. The summed E-state index contributed by atoms with van der Waals surface area (Å²) in [5.74, 6) is 0.539. The van der Waals surface area contributed by atoms with Crippen LogP contribution < -0.4 is 5.32 Å². The minimum atomic E-state index is 0.345. The van der Waals surface area contributed by atoms with Gasteiger partial charge in [-0.05, 0) is 19.3 Å². The number of rotatable bonds is 5. The van der Waals surface area contributed by atoms with Gasteiger partial charge in [0.25, 0.3) is 0 Å². The first-order chi connectivity index (χ1) is 5.49. The van der Waals surface area contributed by atoms with E-state index in [9.17, 15) is 0 Å². The van der Waals surface area contributed by atoms with E-state index in [1.54, 1.807) is 0 Å². The van der Waals surface area contributed by atoms with Crippen LogP contribution in [0.4, 0.5) is 0 Å². The molecule has 0 aliphatic heterocycles. The van der Waals surface area contributed by atoms with Gasteiger partial charge in [-0.2, -0.15) is 0 Å². The van der Waals surface area contributed by atoms with Crippen LogP contribution in [0, 0.1) is 5.92 Å². The molecule has 0 fully saturated rings. The van der Waals surface area contributed by atoms with Crippen molar-refractivity contribution in [3.63, 3.8) is 0 Å². The third kappa shape index (κ3) is 3.61. The number of allylic oxidation sites excluding steroid dienone is 1. The molecule has 12 heavy (non-hydrogen) atoms. The van der Waals surface area contributed by atoms with Crippen LogP contribution in [0.15, 0.2) is 24.4 Å². The standard InChI is InChI=1S/C11H21N/c1-7-9(4)12-11(6)10(5)8(2)3/h8,11-12H,4-5,7H2,1-3,6H3. The van der Waals surface area contributed by atoms with Gasteiger partial charge in [0, 0.05) is 11.7 Å². The van der Waals surface area contributed by atoms with Gasteiger partial charge in [0.1, 0.15) is 0 Å². The molecule has 0 saturated carbocycles. The van der Waals surface area contributed by atoms with E-state index >= 15 is 0 Å². The molecule has 0 aliphatic carbocycles. The van der Waals surface area contributed by atoms with Gasteiger partial charge in [0.2, 0.25) is 0 Å². The minimum Gasteiger partial charge on any atom is -0.383 e. The highest BCUT2D eigenvalue weighted by Gasteiger charge is 2.08. The molecule has 0 bridgehead atoms. The Morgan fingerprint density at radius 3 is 2.08 bits per heavy atom. The van der Waals surface area contributed by atoms with Gasteiger partial charge in [-0.25, -0.2) is 0 Å². The molecule has 0 saturated heterocycles. The average molecular weight is 167 g/mol. The van der Waals surface area contributed by atoms with Crippen LogP contribution in [0.25, 0.3) is 0 Å². The largest absolute Gasteiger partial charge is 0.383 e. The summed E-state index contributed by atoms with van der Waals surface area (Å²) in [6.45, 7) is 16.5. The Kier molecular flexibility index (Phi) is 4.72. The molecule has 0 heterocycles. The summed E-state index contributed by atoms with van der Waals surface area (Å²) in [6, 6.07) is 0.345. The van der Waals surface area contributed by atoms with E-state index in [-0.39, 0.29) is 0 Å². The molecule has 70 valence electrons. The summed E-state index contributed by atoms with van der Waals surface area (Å²) < 4.78 is 0. The maximum absolute atomic E-state index is 4.04. The van der Waals surface area contributed by atoms with E-state index in [2.05, 4.69) is 46.2 Å². The molecular formula is C11H21N. The fraction of sp³-hybridized carbons (Fsp3) is 0.636. The van der Waals surface area contributed by atoms with Crippen LogP contribution in [0.3, 0.4) is 0 Å². The molecular weight excluding hydrogens is 146 g/mol. The molecule has 0 rings (SSSR count). The van der Waals surface area contributed by atoms with Gasteiger partial charge in [-0.15, -0.1) is 0 Å². The summed E-state index contributed by atoms with van der Waals surface area (Å²) in [6.07, 6.45) is 0.982. The van der Waals surface area contributed by atoms with E-state index in [1.165, 1.54) is 5.57 Å². The second-order valence-electron chi connectivity index (χ2n) is 3.55. The molecule has 0 aliphatic rings. The first kappa shape index (κ1) is 11.3. The van der Waals surface area contributed by atoms with Gasteiger partial charge in [-0.1, -0.05) is 39.5 Å². The number of hydrogen-bond donors (Lipinski definition) is 1. The van der Waals surface area contributed by atoms with E-state index in [0.29, 0.717) is 12.0 Å². The summed E-state index contributed by atoms with van der Waals surface area (Å²) in [5.41, 5.74) is 2.33. The SMILES string of the molecule is C=C(CC)NC(C)C(=C)C(C)C. The van der Waals surface area contributed by atoms with Gasteiger partial charge in [-0.3, -0.25) is 0 Å². The highest BCUT2D eigenvalue weighted by Crippen LogP contribution is 2.12. The summed E-state index contributed by atoms with van der Waals surface area (Å²) in [4.78, 5) is 0. The summed E-state index contributed by atoms with van der Waals surface area (Å²) in [7, 11) is 0. The van der Waals surface area contributed by atoms with Crippen molar-refractivity contribution in [2.45, 2.75) is 40.2 Å². The average Bonchev–Trinajstić information content (AvgIpc) is 2.02. The lowest BCUT2D eigenvalue weighted by atomic mass is 9.98. The third-order valence-electron chi connectivity index (χ3n) is 2.15. The molecule has 0 radical (unpaired) electrons. The van der Waals surface area contributed by atoms with Crippen molar-refractivity contribution in [2.24, 2.45) is 5.92 Å². The summed E-state index contributed by atoms with van der Waals surface area (Å²) >= 11 is 0. The van der Waals surface area contributed by atoms with Gasteiger partial charge < -0.3 is 5.32 Å². The lowest BCUT2D eigenvalue weighted by Crippen LogP contribution is -2.28.